The number of para-hydroxylation sites is 6. The lowest BCUT2D eigenvalue weighted by molar-refractivity contribution is 0.801. The van der Waals surface area contributed by atoms with Crippen LogP contribution < -0.4 is 0 Å². The second kappa shape index (κ2) is 11.9. The Kier molecular flexibility index (Phi) is 6.43. The van der Waals surface area contributed by atoms with Crippen molar-refractivity contribution in [3.63, 3.8) is 0 Å². The predicted molar refractivity (Wildman–Crippen MR) is 237 cm³/mol. The minimum Gasteiger partial charge on any atom is -0.309 e. The van der Waals surface area contributed by atoms with Gasteiger partial charge in [-0.3, -0.25) is 13.7 Å². The van der Waals surface area contributed by atoms with Crippen LogP contribution in [0.2, 0.25) is 0 Å². The van der Waals surface area contributed by atoms with Crippen molar-refractivity contribution in [2.24, 2.45) is 0 Å². The van der Waals surface area contributed by atoms with Gasteiger partial charge in [-0.15, -0.1) is 0 Å². The molecule has 0 aliphatic heterocycles. The molecule has 0 saturated carbocycles. The first-order valence-electron chi connectivity index (χ1n) is 19.9. The number of rotatable bonds is 4. The number of allylic oxidation sites excluding steroid dienone is 1. The Morgan fingerprint density at radius 1 is 0.362 bits per heavy atom. The van der Waals surface area contributed by atoms with Crippen molar-refractivity contribution in [2.75, 3.05) is 0 Å². The maximum atomic E-state index is 5.51. The van der Waals surface area contributed by atoms with Crippen LogP contribution in [0.5, 0.6) is 0 Å². The number of nitrogens with zero attached hydrogens (tertiary/aromatic N) is 7. The fourth-order valence-corrected chi connectivity index (χ4v) is 9.75. The molecule has 5 aromatic heterocycles. The molecule has 7 aromatic carbocycles. The minimum atomic E-state index is 0.563. The summed E-state index contributed by atoms with van der Waals surface area (Å²) in [5.41, 5.74) is 11.1. The van der Waals surface area contributed by atoms with Crippen LogP contribution in [0.15, 0.2) is 170 Å². The summed E-state index contributed by atoms with van der Waals surface area (Å²) in [5.74, 6) is 1.73. The van der Waals surface area contributed by atoms with Crippen LogP contribution in [-0.2, 0) is 6.42 Å². The molecule has 0 radical (unpaired) electrons. The molecule has 0 unspecified atom stereocenters. The molecule has 272 valence electrons. The Morgan fingerprint density at radius 2 is 0.828 bits per heavy atom. The van der Waals surface area contributed by atoms with Crippen molar-refractivity contribution in [1.82, 2.24) is 33.2 Å². The van der Waals surface area contributed by atoms with E-state index in [2.05, 4.69) is 194 Å². The highest BCUT2D eigenvalue weighted by atomic mass is 15.3. The van der Waals surface area contributed by atoms with E-state index in [1.165, 1.54) is 32.9 Å². The SMILES string of the molecule is C1=Cc2c(n(-c3nc(-n4c5ccccc5c5ccccc54)nc(-n4c5ccccc5c5c4ccc4c6ccccc6n(-c6ccccc6)c45)n3)c3ccccc23)CC1. The zero-order chi connectivity index (χ0) is 37.9. The van der Waals surface area contributed by atoms with E-state index in [-0.39, 0.29) is 0 Å². The molecule has 0 saturated heterocycles. The maximum Gasteiger partial charge on any atom is 0.241 e. The number of hydrogen-bond acceptors (Lipinski definition) is 3. The molecule has 0 fully saturated rings. The molecule has 0 N–H and O–H groups in total. The Morgan fingerprint density at radius 3 is 1.47 bits per heavy atom. The third-order valence-electron chi connectivity index (χ3n) is 12.1. The van der Waals surface area contributed by atoms with Gasteiger partial charge in [0.2, 0.25) is 17.8 Å². The summed E-state index contributed by atoms with van der Waals surface area (Å²) in [6.07, 6.45) is 6.38. The van der Waals surface area contributed by atoms with Gasteiger partial charge in [0.05, 0.1) is 38.6 Å². The fraction of sp³-hybridized carbons (Fsp3) is 0.0392. The van der Waals surface area contributed by atoms with Crippen LogP contribution in [0, 0.1) is 0 Å². The van der Waals surface area contributed by atoms with E-state index in [1.54, 1.807) is 0 Å². The number of aromatic nitrogens is 7. The highest BCUT2D eigenvalue weighted by Gasteiger charge is 2.26. The summed E-state index contributed by atoms with van der Waals surface area (Å²) in [6.45, 7) is 0. The third kappa shape index (κ3) is 4.24. The molecular formula is C51H33N7. The maximum absolute atomic E-state index is 5.51. The summed E-state index contributed by atoms with van der Waals surface area (Å²) < 4.78 is 9.14. The first-order valence-corrected chi connectivity index (χ1v) is 19.9. The van der Waals surface area contributed by atoms with Crippen molar-refractivity contribution >= 4 is 82.4 Å². The Balaban J connectivity index is 1.19. The molecule has 1 aliphatic rings. The molecule has 13 rings (SSSR count). The van der Waals surface area contributed by atoms with E-state index in [0.717, 1.165) is 73.2 Å². The summed E-state index contributed by atoms with van der Waals surface area (Å²) in [7, 11) is 0. The van der Waals surface area contributed by atoms with Crippen LogP contribution in [0.1, 0.15) is 17.7 Å². The molecular weight excluding hydrogens is 711 g/mol. The monoisotopic (exact) mass is 743 g/mol. The number of fused-ring (bicyclic) bond motifs is 13. The predicted octanol–water partition coefficient (Wildman–Crippen LogP) is 12.1. The van der Waals surface area contributed by atoms with Gasteiger partial charge in [-0.05, 0) is 61.4 Å². The first kappa shape index (κ1) is 31.4. The van der Waals surface area contributed by atoms with Crippen molar-refractivity contribution in [2.45, 2.75) is 12.8 Å². The number of hydrogen-bond donors (Lipinski definition) is 0. The summed E-state index contributed by atoms with van der Waals surface area (Å²) in [6, 6.07) is 58.3. The van der Waals surface area contributed by atoms with Crippen LogP contribution >= 0.6 is 0 Å². The van der Waals surface area contributed by atoms with E-state index < -0.39 is 0 Å². The second-order valence-corrected chi connectivity index (χ2v) is 15.2. The lowest BCUT2D eigenvalue weighted by atomic mass is 10.0. The molecule has 0 amide bonds. The minimum absolute atomic E-state index is 0.563. The van der Waals surface area contributed by atoms with Crippen molar-refractivity contribution in [3.8, 4) is 23.5 Å². The van der Waals surface area contributed by atoms with Gasteiger partial charge in [-0.1, -0.05) is 127 Å². The first-order chi connectivity index (χ1) is 28.8. The smallest absolute Gasteiger partial charge is 0.241 e. The van der Waals surface area contributed by atoms with E-state index >= 15 is 0 Å². The van der Waals surface area contributed by atoms with E-state index in [1.807, 2.05) is 0 Å². The average molecular weight is 744 g/mol. The highest BCUT2D eigenvalue weighted by Crippen LogP contribution is 2.42. The molecule has 1 aliphatic carbocycles. The Bertz CT molecular complexity index is 3640. The van der Waals surface area contributed by atoms with Gasteiger partial charge < -0.3 is 4.57 Å². The summed E-state index contributed by atoms with van der Waals surface area (Å²) in [5, 5.41) is 8.22. The molecule has 12 aromatic rings. The quantitative estimate of drug-likeness (QED) is 0.180. The zero-order valence-corrected chi connectivity index (χ0v) is 31.3. The lowest BCUT2D eigenvalue weighted by Crippen LogP contribution is -2.15. The van der Waals surface area contributed by atoms with Gasteiger partial charge in [0.1, 0.15) is 0 Å². The molecule has 58 heavy (non-hydrogen) atoms. The largest absolute Gasteiger partial charge is 0.309 e. The molecule has 7 heteroatoms. The van der Waals surface area contributed by atoms with Gasteiger partial charge in [0.15, 0.2) is 0 Å². The van der Waals surface area contributed by atoms with Crippen LogP contribution in [0.25, 0.3) is 106 Å². The normalized spacial score (nSPS) is 13.0. The van der Waals surface area contributed by atoms with Gasteiger partial charge in [-0.2, -0.15) is 15.0 Å². The molecule has 5 heterocycles. The fourth-order valence-electron chi connectivity index (χ4n) is 9.75. The van der Waals surface area contributed by atoms with Crippen LogP contribution in [0.3, 0.4) is 0 Å². The van der Waals surface area contributed by atoms with E-state index in [4.69, 9.17) is 15.0 Å². The topological polar surface area (TPSA) is 58.4 Å². The standard InChI is InChI=1S/C51H33N7/c1-2-16-32(17-3-1)55-40-24-10-8-22-37(40)38-30-31-46-47(48(38)55)39-23-9-15-29-45(39)58(46)51-53-49(56-41-25-11-4-18-33(41)34-19-5-12-26-42(34)56)52-50(54-51)57-43-27-13-6-20-35(43)36-21-7-14-28-44(36)57/h1-13,15-27,29-31H,14,28H2. The third-order valence-corrected chi connectivity index (χ3v) is 12.1. The second-order valence-electron chi connectivity index (χ2n) is 15.2. The Labute approximate surface area is 332 Å². The average Bonchev–Trinajstić information content (AvgIpc) is 4.01. The van der Waals surface area contributed by atoms with Crippen LogP contribution in [-0.4, -0.2) is 33.2 Å². The van der Waals surface area contributed by atoms with Crippen molar-refractivity contribution < 1.29 is 0 Å². The molecule has 0 bridgehead atoms. The summed E-state index contributed by atoms with van der Waals surface area (Å²) in [4.78, 5) is 16.4. The van der Waals surface area contributed by atoms with Crippen LogP contribution in [0.4, 0.5) is 0 Å². The summed E-state index contributed by atoms with van der Waals surface area (Å²) >= 11 is 0. The van der Waals surface area contributed by atoms with E-state index in [0.29, 0.717) is 17.8 Å². The number of benzene rings is 7. The van der Waals surface area contributed by atoms with Crippen molar-refractivity contribution in [3.05, 3.63) is 181 Å². The molecule has 0 atom stereocenters. The highest BCUT2D eigenvalue weighted by molar-refractivity contribution is 6.26. The molecule has 7 nitrogen and oxygen atoms in total. The lowest BCUT2D eigenvalue weighted by Gasteiger charge is -2.16. The van der Waals surface area contributed by atoms with Crippen molar-refractivity contribution in [1.29, 1.82) is 0 Å². The van der Waals surface area contributed by atoms with Gasteiger partial charge in [0, 0.05) is 54.6 Å². The zero-order valence-electron chi connectivity index (χ0n) is 31.3. The van der Waals surface area contributed by atoms with Gasteiger partial charge >= 0.3 is 0 Å². The Hall–Kier alpha value is -7.77. The van der Waals surface area contributed by atoms with Gasteiger partial charge in [-0.25, -0.2) is 0 Å². The molecule has 0 spiro atoms. The van der Waals surface area contributed by atoms with E-state index in [9.17, 15) is 0 Å². The van der Waals surface area contributed by atoms with Gasteiger partial charge in [0.25, 0.3) is 0 Å².